The van der Waals surface area contributed by atoms with Crippen LogP contribution in [0.5, 0.6) is 0 Å². The molecule has 1 aromatic heterocycles. The van der Waals surface area contributed by atoms with Crippen molar-refractivity contribution < 1.29 is 8.42 Å². The van der Waals surface area contributed by atoms with E-state index in [0.29, 0.717) is 18.0 Å². The Morgan fingerprint density at radius 2 is 1.96 bits per heavy atom. The average Bonchev–Trinajstić information content (AvgIpc) is 3.25. The molecule has 1 aromatic carbocycles. The minimum Gasteiger partial charge on any atom is -0.348 e. The van der Waals surface area contributed by atoms with Crippen molar-refractivity contribution in [2.24, 2.45) is 0 Å². The summed E-state index contributed by atoms with van der Waals surface area (Å²) in [6.07, 6.45) is 4.56. The van der Waals surface area contributed by atoms with E-state index in [4.69, 9.17) is 11.6 Å². The quantitative estimate of drug-likeness (QED) is 0.776. The maximum Gasteiger partial charge on any atom is 0.233 e. The molecule has 1 saturated heterocycles. The fraction of sp³-hybridized carbons (Fsp3) is 0.353. The van der Waals surface area contributed by atoms with E-state index in [1.165, 1.54) is 18.2 Å². The molecule has 5 nitrogen and oxygen atoms in total. The highest BCUT2D eigenvalue weighted by Crippen LogP contribution is 2.24. The Labute approximate surface area is 157 Å². The molecule has 0 radical (unpaired) electrons. The lowest BCUT2D eigenvalue weighted by molar-refractivity contribution is 0.591. The molecule has 0 saturated carbocycles. The first-order valence-corrected chi connectivity index (χ1v) is 10.9. The summed E-state index contributed by atoms with van der Waals surface area (Å²) < 4.78 is 26.6. The van der Waals surface area contributed by atoms with Crippen LogP contribution in [-0.4, -0.2) is 33.0 Å². The van der Waals surface area contributed by atoms with E-state index in [1.807, 2.05) is 5.38 Å². The van der Waals surface area contributed by atoms with Gasteiger partial charge in [0.1, 0.15) is 0 Å². The first-order valence-electron chi connectivity index (χ1n) is 8.14. The Morgan fingerprint density at radius 3 is 2.68 bits per heavy atom. The third-order valence-corrected chi connectivity index (χ3v) is 6.21. The van der Waals surface area contributed by atoms with Crippen molar-refractivity contribution in [2.75, 3.05) is 24.5 Å². The minimum absolute atomic E-state index is 0.330. The summed E-state index contributed by atoms with van der Waals surface area (Å²) in [7, 11) is -3.47. The van der Waals surface area contributed by atoms with E-state index in [-0.39, 0.29) is 0 Å². The molecular weight excluding hydrogens is 378 g/mol. The van der Waals surface area contributed by atoms with Crippen molar-refractivity contribution >= 4 is 44.2 Å². The zero-order valence-electron chi connectivity index (χ0n) is 13.7. The number of anilines is 1. The molecule has 0 bridgehead atoms. The highest BCUT2D eigenvalue weighted by Gasteiger charge is 2.15. The SMILES string of the molecule is O=S(=O)(/C=C/c1ccc(Cl)cc1)NCCc1csc(N2CCCC2)n1. The number of benzene rings is 1. The van der Waals surface area contributed by atoms with Crippen molar-refractivity contribution in [1.82, 2.24) is 9.71 Å². The molecule has 3 rings (SSSR count). The first kappa shape index (κ1) is 18.4. The van der Waals surface area contributed by atoms with Gasteiger partial charge in [0.15, 0.2) is 5.13 Å². The number of thiazole rings is 1. The Balaban J connectivity index is 1.49. The largest absolute Gasteiger partial charge is 0.348 e. The molecule has 0 atom stereocenters. The highest BCUT2D eigenvalue weighted by molar-refractivity contribution is 7.92. The predicted octanol–water partition coefficient (Wildman–Crippen LogP) is 3.53. The van der Waals surface area contributed by atoms with Gasteiger partial charge in [-0.15, -0.1) is 11.3 Å². The van der Waals surface area contributed by atoms with E-state index in [1.54, 1.807) is 41.7 Å². The van der Waals surface area contributed by atoms with Gasteiger partial charge in [0, 0.05) is 41.9 Å². The third-order valence-electron chi connectivity index (χ3n) is 3.91. The topological polar surface area (TPSA) is 62.3 Å². The molecule has 1 aliphatic heterocycles. The van der Waals surface area contributed by atoms with Crippen LogP contribution >= 0.6 is 22.9 Å². The van der Waals surface area contributed by atoms with Gasteiger partial charge in [0.05, 0.1) is 5.69 Å². The standard InChI is InChI=1S/C17H20ClN3O2S2/c18-15-5-3-14(4-6-15)8-12-25(22,23)19-9-7-16-13-24-17(20-16)21-10-1-2-11-21/h3-6,8,12-13,19H,1-2,7,9-11H2/b12-8+. The van der Waals surface area contributed by atoms with Gasteiger partial charge in [0.25, 0.3) is 0 Å². The second-order valence-corrected chi connectivity index (χ2v) is 8.78. The smallest absolute Gasteiger partial charge is 0.233 e. The van der Waals surface area contributed by atoms with E-state index in [9.17, 15) is 8.42 Å². The van der Waals surface area contributed by atoms with E-state index >= 15 is 0 Å². The molecule has 0 amide bonds. The van der Waals surface area contributed by atoms with Crippen LogP contribution in [0.25, 0.3) is 6.08 Å². The lowest BCUT2D eigenvalue weighted by atomic mass is 10.2. The minimum atomic E-state index is -3.47. The zero-order chi connectivity index (χ0) is 17.7. The Kier molecular flexibility index (Phi) is 6.11. The van der Waals surface area contributed by atoms with Gasteiger partial charge in [-0.05, 0) is 36.6 Å². The van der Waals surface area contributed by atoms with Crippen LogP contribution in [0.2, 0.25) is 5.02 Å². The molecule has 134 valence electrons. The third kappa shape index (κ3) is 5.54. The van der Waals surface area contributed by atoms with Crippen LogP contribution in [0.1, 0.15) is 24.1 Å². The van der Waals surface area contributed by atoms with Crippen molar-refractivity contribution in [1.29, 1.82) is 0 Å². The summed E-state index contributed by atoms with van der Waals surface area (Å²) in [5.41, 5.74) is 1.71. The molecular formula is C17H20ClN3O2S2. The lowest BCUT2D eigenvalue weighted by Gasteiger charge is -2.12. The Hall–Kier alpha value is -1.41. The van der Waals surface area contributed by atoms with E-state index < -0.39 is 10.0 Å². The van der Waals surface area contributed by atoms with Crippen molar-refractivity contribution in [3.63, 3.8) is 0 Å². The molecule has 2 heterocycles. The maximum absolute atomic E-state index is 12.0. The predicted molar refractivity (Wildman–Crippen MR) is 105 cm³/mol. The van der Waals surface area contributed by atoms with E-state index in [0.717, 1.165) is 29.5 Å². The van der Waals surface area contributed by atoms with E-state index in [2.05, 4.69) is 14.6 Å². The fourth-order valence-electron chi connectivity index (χ4n) is 2.58. The lowest BCUT2D eigenvalue weighted by Crippen LogP contribution is -2.24. The second-order valence-electron chi connectivity index (χ2n) is 5.86. The number of nitrogens with one attached hydrogen (secondary N) is 1. The second kappa shape index (κ2) is 8.31. The first-order chi connectivity index (χ1) is 12.0. The van der Waals surface area contributed by atoms with Gasteiger partial charge in [-0.1, -0.05) is 23.7 Å². The van der Waals surface area contributed by atoms with Gasteiger partial charge in [-0.3, -0.25) is 0 Å². The van der Waals surface area contributed by atoms with Crippen LogP contribution in [0, 0.1) is 0 Å². The van der Waals surface area contributed by atoms with Gasteiger partial charge in [-0.25, -0.2) is 18.1 Å². The average molecular weight is 398 g/mol. The molecule has 1 fully saturated rings. The number of hydrogen-bond acceptors (Lipinski definition) is 5. The van der Waals surface area contributed by atoms with Crippen LogP contribution < -0.4 is 9.62 Å². The molecule has 1 N–H and O–H groups in total. The molecule has 0 aliphatic carbocycles. The summed E-state index contributed by atoms with van der Waals surface area (Å²) in [6.45, 7) is 2.46. The van der Waals surface area contributed by atoms with Crippen molar-refractivity contribution in [3.05, 3.63) is 51.3 Å². The molecule has 8 heteroatoms. The molecule has 0 spiro atoms. The van der Waals surface area contributed by atoms with Crippen LogP contribution in [0.3, 0.4) is 0 Å². The van der Waals surface area contributed by atoms with Crippen molar-refractivity contribution in [2.45, 2.75) is 19.3 Å². The molecule has 1 aliphatic rings. The number of nitrogens with zero attached hydrogens (tertiary/aromatic N) is 2. The number of aromatic nitrogens is 1. The van der Waals surface area contributed by atoms with Gasteiger partial charge < -0.3 is 4.90 Å². The Bertz CT molecular complexity index is 826. The number of rotatable bonds is 7. The fourth-order valence-corrected chi connectivity index (χ4v) is 4.43. The summed E-state index contributed by atoms with van der Waals surface area (Å²) in [4.78, 5) is 6.88. The molecule has 0 unspecified atom stereocenters. The number of sulfonamides is 1. The van der Waals surface area contributed by atoms with Crippen LogP contribution in [-0.2, 0) is 16.4 Å². The molecule has 25 heavy (non-hydrogen) atoms. The number of halogens is 1. The summed E-state index contributed by atoms with van der Waals surface area (Å²) in [5.74, 6) is 0. The normalized spacial score (nSPS) is 15.3. The molecule has 2 aromatic rings. The Morgan fingerprint density at radius 1 is 1.24 bits per heavy atom. The summed E-state index contributed by atoms with van der Waals surface area (Å²) in [5, 5.41) is 4.84. The summed E-state index contributed by atoms with van der Waals surface area (Å²) >= 11 is 7.44. The van der Waals surface area contributed by atoms with Crippen LogP contribution in [0.4, 0.5) is 5.13 Å². The summed E-state index contributed by atoms with van der Waals surface area (Å²) in [6, 6.07) is 6.98. The monoisotopic (exact) mass is 397 g/mol. The number of hydrogen-bond donors (Lipinski definition) is 1. The highest BCUT2D eigenvalue weighted by atomic mass is 35.5. The van der Waals surface area contributed by atoms with Gasteiger partial charge >= 0.3 is 0 Å². The maximum atomic E-state index is 12.0. The van der Waals surface area contributed by atoms with Crippen molar-refractivity contribution in [3.8, 4) is 0 Å². The van der Waals surface area contributed by atoms with Crippen LogP contribution in [0.15, 0.2) is 35.1 Å². The zero-order valence-corrected chi connectivity index (χ0v) is 16.1. The van der Waals surface area contributed by atoms with Gasteiger partial charge in [0.2, 0.25) is 10.0 Å². The van der Waals surface area contributed by atoms with Gasteiger partial charge in [-0.2, -0.15) is 0 Å².